The molecule has 1 fully saturated rings. The lowest BCUT2D eigenvalue weighted by Crippen LogP contribution is -2.39. The zero-order valence-corrected chi connectivity index (χ0v) is 14.9. The third-order valence-corrected chi connectivity index (χ3v) is 4.21. The van der Waals surface area contributed by atoms with Crippen LogP contribution in [0.2, 0.25) is 0 Å². The van der Waals surface area contributed by atoms with E-state index in [1.807, 2.05) is 13.8 Å². The first kappa shape index (κ1) is 18.8. The predicted molar refractivity (Wildman–Crippen MR) is 93.3 cm³/mol. The fraction of sp³-hybridized carbons (Fsp3) is 0.500. The molecule has 7 heteroatoms. The van der Waals surface area contributed by atoms with E-state index >= 15 is 0 Å². The van der Waals surface area contributed by atoms with Crippen molar-refractivity contribution in [1.82, 2.24) is 15.5 Å². The number of nitrogens with zero attached hydrogens (tertiary/aromatic N) is 1. The Morgan fingerprint density at radius 1 is 1.24 bits per heavy atom. The Morgan fingerprint density at radius 2 is 1.92 bits per heavy atom. The van der Waals surface area contributed by atoms with E-state index in [2.05, 4.69) is 10.6 Å². The molecule has 1 saturated heterocycles. The van der Waals surface area contributed by atoms with Gasteiger partial charge < -0.3 is 20.3 Å². The molecule has 0 bridgehead atoms. The van der Waals surface area contributed by atoms with E-state index in [4.69, 9.17) is 4.74 Å². The van der Waals surface area contributed by atoms with Gasteiger partial charge in [-0.2, -0.15) is 0 Å². The first-order valence-electron chi connectivity index (χ1n) is 8.42. The highest BCUT2D eigenvalue weighted by Gasteiger charge is 2.35. The highest BCUT2D eigenvalue weighted by atomic mass is 16.5. The molecule has 7 nitrogen and oxygen atoms in total. The van der Waals surface area contributed by atoms with Crippen LogP contribution >= 0.6 is 0 Å². The molecule has 0 saturated carbocycles. The molecule has 25 heavy (non-hydrogen) atoms. The SMILES string of the molecule is COc1ccccc1C(=O)NCCNC(=O)C1CC(=O)N(C(C)C)C1. The van der Waals surface area contributed by atoms with E-state index in [1.165, 1.54) is 7.11 Å². The van der Waals surface area contributed by atoms with E-state index in [1.54, 1.807) is 29.2 Å². The molecule has 1 aliphatic heterocycles. The van der Waals surface area contributed by atoms with Crippen molar-refractivity contribution in [3.63, 3.8) is 0 Å². The van der Waals surface area contributed by atoms with E-state index < -0.39 is 0 Å². The Bertz CT molecular complexity index is 645. The third-order valence-electron chi connectivity index (χ3n) is 4.21. The van der Waals surface area contributed by atoms with Crippen LogP contribution in [0.15, 0.2) is 24.3 Å². The minimum absolute atomic E-state index is 0.0135. The number of amides is 3. The van der Waals surface area contributed by atoms with Crippen LogP contribution in [0.5, 0.6) is 5.75 Å². The lowest BCUT2D eigenvalue weighted by Gasteiger charge is -2.20. The number of rotatable bonds is 7. The maximum atomic E-state index is 12.2. The molecule has 2 N–H and O–H groups in total. The molecule has 0 radical (unpaired) electrons. The minimum atomic E-state index is -0.320. The second kappa shape index (κ2) is 8.50. The van der Waals surface area contributed by atoms with Crippen LogP contribution in [-0.2, 0) is 9.59 Å². The Labute approximate surface area is 147 Å². The molecule has 3 amide bonds. The summed E-state index contributed by atoms with van der Waals surface area (Å²) < 4.78 is 5.15. The van der Waals surface area contributed by atoms with Crippen LogP contribution in [0.25, 0.3) is 0 Å². The molecular formula is C18H25N3O4. The van der Waals surface area contributed by atoms with Gasteiger partial charge in [0.1, 0.15) is 5.75 Å². The van der Waals surface area contributed by atoms with Crippen molar-refractivity contribution in [3.05, 3.63) is 29.8 Å². The van der Waals surface area contributed by atoms with Crippen LogP contribution in [0, 0.1) is 5.92 Å². The summed E-state index contributed by atoms with van der Waals surface area (Å²) in [7, 11) is 1.51. The summed E-state index contributed by atoms with van der Waals surface area (Å²) in [4.78, 5) is 37.8. The lowest BCUT2D eigenvalue weighted by molar-refractivity contribution is -0.129. The van der Waals surface area contributed by atoms with Gasteiger partial charge in [-0.15, -0.1) is 0 Å². The fourth-order valence-electron chi connectivity index (χ4n) is 2.84. The standard InChI is InChI=1S/C18H25N3O4/c1-12(2)21-11-13(10-16(21)22)17(23)19-8-9-20-18(24)14-6-4-5-7-15(14)25-3/h4-7,12-13H,8-11H2,1-3H3,(H,19,23)(H,20,24). The van der Waals surface area contributed by atoms with Crippen molar-refractivity contribution in [2.45, 2.75) is 26.3 Å². The zero-order valence-electron chi connectivity index (χ0n) is 14.9. The average Bonchev–Trinajstić information content (AvgIpc) is 3.00. The second-order valence-electron chi connectivity index (χ2n) is 6.29. The number of likely N-dealkylation sites (tertiary alicyclic amines) is 1. The molecular weight excluding hydrogens is 322 g/mol. The van der Waals surface area contributed by atoms with Gasteiger partial charge in [-0.05, 0) is 26.0 Å². The summed E-state index contributed by atoms with van der Waals surface area (Å²) in [5, 5.41) is 5.52. The number of methoxy groups -OCH3 is 1. The van der Waals surface area contributed by atoms with Crippen LogP contribution in [0.1, 0.15) is 30.6 Å². The van der Waals surface area contributed by atoms with Crippen molar-refractivity contribution in [2.24, 2.45) is 5.92 Å². The first-order chi connectivity index (χ1) is 11.9. The van der Waals surface area contributed by atoms with Gasteiger partial charge >= 0.3 is 0 Å². The maximum Gasteiger partial charge on any atom is 0.255 e. The van der Waals surface area contributed by atoms with Gasteiger partial charge in [0.25, 0.3) is 5.91 Å². The topological polar surface area (TPSA) is 87.7 Å². The minimum Gasteiger partial charge on any atom is -0.496 e. The van der Waals surface area contributed by atoms with E-state index in [9.17, 15) is 14.4 Å². The Morgan fingerprint density at radius 3 is 2.56 bits per heavy atom. The molecule has 0 spiro atoms. The van der Waals surface area contributed by atoms with Crippen molar-refractivity contribution in [3.8, 4) is 5.75 Å². The number of benzene rings is 1. The fourth-order valence-corrected chi connectivity index (χ4v) is 2.84. The van der Waals surface area contributed by atoms with Gasteiger partial charge in [0.05, 0.1) is 18.6 Å². The molecule has 1 aromatic rings. The lowest BCUT2D eigenvalue weighted by atomic mass is 10.1. The number of carbonyl (C=O) groups excluding carboxylic acids is 3. The Hall–Kier alpha value is -2.57. The monoisotopic (exact) mass is 347 g/mol. The van der Waals surface area contributed by atoms with Gasteiger partial charge in [-0.25, -0.2) is 0 Å². The van der Waals surface area contributed by atoms with Gasteiger partial charge in [0, 0.05) is 32.1 Å². The summed E-state index contributed by atoms with van der Waals surface area (Å²) in [6, 6.07) is 7.05. The van der Waals surface area contributed by atoms with Gasteiger partial charge in [0.2, 0.25) is 11.8 Å². The molecule has 136 valence electrons. The van der Waals surface area contributed by atoms with Crippen LogP contribution in [-0.4, -0.2) is 55.4 Å². The highest BCUT2D eigenvalue weighted by molar-refractivity contribution is 5.97. The quantitative estimate of drug-likeness (QED) is 0.714. The zero-order chi connectivity index (χ0) is 18.4. The number of hydrogen-bond donors (Lipinski definition) is 2. The summed E-state index contributed by atoms with van der Waals surface area (Å²) >= 11 is 0. The number of nitrogens with one attached hydrogen (secondary N) is 2. The van der Waals surface area contributed by atoms with Crippen LogP contribution < -0.4 is 15.4 Å². The van der Waals surface area contributed by atoms with E-state index in [-0.39, 0.29) is 36.1 Å². The maximum absolute atomic E-state index is 12.2. The third kappa shape index (κ3) is 4.71. The van der Waals surface area contributed by atoms with Crippen molar-refractivity contribution < 1.29 is 19.1 Å². The van der Waals surface area contributed by atoms with Crippen LogP contribution in [0.4, 0.5) is 0 Å². The molecule has 2 rings (SSSR count). The van der Waals surface area contributed by atoms with E-state index in [0.717, 1.165) is 0 Å². The smallest absolute Gasteiger partial charge is 0.255 e. The highest BCUT2D eigenvalue weighted by Crippen LogP contribution is 2.20. The molecule has 1 heterocycles. The number of para-hydroxylation sites is 1. The number of hydrogen-bond acceptors (Lipinski definition) is 4. The van der Waals surface area contributed by atoms with Crippen molar-refractivity contribution in [2.75, 3.05) is 26.7 Å². The van der Waals surface area contributed by atoms with E-state index in [0.29, 0.717) is 30.9 Å². The number of ether oxygens (including phenoxy) is 1. The molecule has 1 unspecified atom stereocenters. The average molecular weight is 347 g/mol. The van der Waals surface area contributed by atoms with Crippen molar-refractivity contribution >= 4 is 17.7 Å². The van der Waals surface area contributed by atoms with Crippen LogP contribution in [0.3, 0.4) is 0 Å². The molecule has 0 aliphatic carbocycles. The normalized spacial score (nSPS) is 16.9. The second-order valence-corrected chi connectivity index (χ2v) is 6.29. The van der Waals surface area contributed by atoms with Crippen molar-refractivity contribution in [1.29, 1.82) is 0 Å². The van der Waals surface area contributed by atoms with Gasteiger partial charge in [-0.3, -0.25) is 14.4 Å². The summed E-state index contributed by atoms with van der Waals surface area (Å²) in [6.45, 7) is 4.94. The first-order valence-corrected chi connectivity index (χ1v) is 8.42. The largest absolute Gasteiger partial charge is 0.496 e. The van der Waals surface area contributed by atoms with Gasteiger partial charge in [0.15, 0.2) is 0 Å². The Balaban J connectivity index is 1.75. The molecule has 1 aliphatic rings. The van der Waals surface area contributed by atoms with Gasteiger partial charge in [-0.1, -0.05) is 12.1 Å². The summed E-state index contributed by atoms with van der Waals surface area (Å²) in [5.74, 6) is -0.210. The summed E-state index contributed by atoms with van der Waals surface area (Å²) in [6.07, 6.45) is 0.248. The summed E-state index contributed by atoms with van der Waals surface area (Å²) in [5.41, 5.74) is 0.449. The molecule has 0 aromatic heterocycles. The molecule has 1 atom stereocenters. The predicted octanol–water partition coefficient (Wildman–Crippen LogP) is 0.798. The molecule has 1 aromatic carbocycles. The number of carbonyl (C=O) groups is 3. The Kier molecular flexibility index (Phi) is 6.38.